The van der Waals surface area contributed by atoms with Gasteiger partial charge in [-0.1, -0.05) is 73.7 Å². The maximum absolute atomic E-state index is 14.5. The van der Waals surface area contributed by atoms with Gasteiger partial charge >= 0.3 is 0 Å². The van der Waals surface area contributed by atoms with Gasteiger partial charge in [0.2, 0.25) is 11.8 Å². The Bertz CT molecular complexity index is 1570. The van der Waals surface area contributed by atoms with Crippen LogP contribution in [0.5, 0.6) is 11.5 Å². The number of carbonyl (C=O) groups is 2. The molecule has 0 aliphatic heterocycles. The van der Waals surface area contributed by atoms with Crippen LogP contribution in [0.4, 0.5) is 5.69 Å². The van der Waals surface area contributed by atoms with Gasteiger partial charge in [-0.2, -0.15) is 0 Å². The van der Waals surface area contributed by atoms with Gasteiger partial charge in [0.15, 0.2) is 0 Å². The number of rotatable bonds is 13. The van der Waals surface area contributed by atoms with Gasteiger partial charge in [-0.05, 0) is 62.1 Å². The molecule has 1 aliphatic rings. The Morgan fingerprint density at radius 3 is 2.29 bits per heavy atom. The van der Waals surface area contributed by atoms with Crippen molar-refractivity contribution < 1.29 is 27.5 Å². The van der Waals surface area contributed by atoms with E-state index in [2.05, 4.69) is 5.32 Å². The van der Waals surface area contributed by atoms with Crippen LogP contribution in [0.25, 0.3) is 0 Å². The van der Waals surface area contributed by atoms with Crippen LogP contribution in [-0.2, 0) is 26.2 Å². The van der Waals surface area contributed by atoms with Gasteiger partial charge in [0.1, 0.15) is 24.1 Å². The summed E-state index contributed by atoms with van der Waals surface area (Å²) in [5.41, 5.74) is 1.66. The molecule has 1 N–H and O–H groups in total. The fourth-order valence-corrected chi connectivity index (χ4v) is 7.23. The number of nitrogens with zero attached hydrogens (tertiary/aromatic N) is 2. The number of benzene rings is 3. The molecule has 1 saturated carbocycles. The molecule has 0 spiro atoms. The van der Waals surface area contributed by atoms with Crippen LogP contribution in [0.3, 0.4) is 0 Å². The first-order valence-corrected chi connectivity index (χ1v) is 17.1. The number of carbonyl (C=O) groups excluding carboxylic acids is 2. The van der Waals surface area contributed by atoms with Crippen molar-refractivity contribution in [2.75, 3.05) is 25.1 Å². The molecule has 4 rings (SSSR count). The Hall–Kier alpha value is -3.76. The largest absolute Gasteiger partial charge is 0.497 e. The van der Waals surface area contributed by atoms with E-state index >= 15 is 0 Å². The normalized spacial score (nSPS) is 14.3. The molecule has 0 unspecified atom stereocenters. The standard InChI is InChI=1S/C34H42ClN3O6S/c1-5-30(34(40)36-26-12-7-6-8-13-26)37(22-25-11-9-10-14-29(25)35)33(39)23-38(31-21-27(43-3)17-20-32(31)44-4)45(41,42)28-18-15-24(2)16-19-28/h9-11,14-21,26,30H,5-8,12-13,22-23H2,1-4H3,(H,36,40)/t30-/m0/s1. The van der Waals surface area contributed by atoms with Crippen LogP contribution in [0.15, 0.2) is 71.6 Å². The Balaban J connectivity index is 1.78. The predicted molar refractivity (Wildman–Crippen MR) is 176 cm³/mol. The monoisotopic (exact) mass is 655 g/mol. The van der Waals surface area contributed by atoms with Gasteiger partial charge in [0.25, 0.3) is 10.0 Å². The maximum atomic E-state index is 14.5. The van der Waals surface area contributed by atoms with Gasteiger partial charge < -0.3 is 19.7 Å². The zero-order valence-electron chi connectivity index (χ0n) is 26.3. The second kappa shape index (κ2) is 15.5. The molecular formula is C34H42ClN3O6S. The number of amides is 2. The van der Waals surface area contributed by atoms with Crippen LogP contribution in [0, 0.1) is 6.92 Å². The summed E-state index contributed by atoms with van der Waals surface area (Å²) >= 11 is 6.52. The van der Waals surface area contributed by atoms with E-state index in [1.165, 1.54) is 37.3 Å². The van der Waals surface area contributed by atoms with Crippen LogP contribution in [0.1, 0.15) is 56.6 Å². The second-order valence-corrected chi connectivity index (χ2v) is 13.5. The Labute approximate surface area is 271 Å². The lowest BCUT2D eigenvalue weighted by Crippen LogP contribution is -2.54. The molecule has 0 heterocycles. The lowest BCUT2D eigenvalue weighted by molar-refractivity contribution is -0.140. The summed E-state index contributed by atoms with van der Waals surface area (Å²) in [5, 5.41) is 3.59. The fraction of sp³-hybridized carbons (Fsp3) is 0.412. The van der Waals surface area contributed by atoms with Crippen molar-refractivity contribution >= 4 is 39.1 Å². The molecule has 1 fully saturated rings. The number of nitrogens with one attached hydrogen (secondary N) is 1. The van der Waals surface area contributed by atoms with Gasteiger partial charge in [0.05, 0.1) is 24.8 Å². The molecule has 3 aromatic carbocycles. The molecule has 0 saturated heterocycles. The summed E-state index contributed by atoms with van der Waals surface area (Å²) in [6, 6.07) is 17.4. The number of aryl methyl sites for hydroxylation is 1. The van der Waals surface area contributed by atoms with Crippen molar-refractivity contribution in [3.05, 3.63) is 82.9 Å². The Morgan fingerprint density at radius 2 is 1.67 bits per heavy atom. The first kappa shape index (κ1) is 34.1. The van der Waals surface area contributed by atoms with E-state index in [-0.39, 0.29) is 34.8 Å². The third-order valence-electron chi connectivity index (χ3n) is 8.18. The SMILES string of the molecule is CC[C@@H](C(=O)NC1CCCCC1)N(Cc1ccccc1Cl)C(=O)CN(c1cc(OC)ccc1OC)S(=O)(=O)c1ccc(C)cc1. The number of sulfonamides is 1. The average Bonchev–Trinajstić information content (AvgIpc) is 3.04. The first-order chi connectivity index (χ1) is 21.6. The molecule has 11 heteroatoms. The highest BCUT2D eigenvalue weighted by atomic mass is 35.5. The van der Waals surface area contributed by atoms with Gasteiger partial charge in [0, 0.05) is 23.7 Å². The highest BCUT2D eigenvalue weighted by Crippen LogP contribution is 2.36. The lowest BCUT2D eigenvalue weighted by Gasteiger charge is -2.35. The predicted octanol–water partition coefficient (Wildman–Crippen LogP) is 6.12. The van der Waals surface area contributed by atoms with Crippen molar-refractivity contribution in [1.29, 1.82) is 0 Å². The summed E-state index contributed by atoms with van der Waals surface area (Å²) in [4.78, 5) is 29.6. The van der Waals surface area contributed by atoms with E-state index in [1.54, 1.807) is 42.5 Å². The van der Waals surface area contributed by atoms with Crippen molar-refractivity contribution in [3.63, 3.8) is 0 Å². The third kappa shape index (κ3) is 8.29. The summed E-state index contributed by atoms with van der Waals surface area (Å²) in [7, 11) is -1.39. The number of halogens is 1. The fourth-order valence-electron chi connectivity index (χ4n) is 5.62. The van der Waals surface area contributed by atoms with Crippen molar-refractivity contribution in [2.24, 2.45) is 0 Å². The van der Waals surface area contributed by atoms with E-state index in [4.69, 9.17) is 21.1 Å². The minimum absolute atomic E-state index is 0.00510. The smallest absolute Gasteiger partial charge is 0.264 e. The molecule has 0 aromatic heterocycles. The summed E-state index contributed by atoms with van der Waals surface area (Å²) < 4.78 is 40.5. The van der Waals surface area contributed by atoms with Crippen LogP contribution < -0.4 is 19.1 Å². The van der Waals surface area contributed by atoms with E-state index in [0.29, 0.717) is 22.8 Å². The quantitative estimate of drug-likeness (QED) is 0.238. The van der Waals surface area contributed by atoms with Gasteiger partial charge in [-0.3, -0.25) is 13.9 Å². The van der Waals surface area contributed by atoms with E-state index in [9.17, 15) is 18.0 Å². The molecule has 3 aromatic rings. The van der Waals surface area contributed by atoms with Crippen molar-refractivity contribution in [3.8, 4) is 11.5 Å². The second-order valence-electron chi connectivity index (χ2n) is 11.2. The number of ether oxygens (including phenoxy) is 2. The highest BCUT2D eigenvalue weighted by Gasteiger charge is 2.36. The highest BCUT2D eigenvalue weighted by molar-refractivity contribution is 7.92. The van der Waals surface area contributed by atoms with Gasteiger partial charge in [-0.15, -0.1) is 0 Å². The molecule has 45 heavy (non-hydrogen) atoms. The van der Waals surface area contributed by atoms with Crippen LogP contribution in [-0.4, -0.2) is 58.0 Å². The molecule has 9 nitrogen and oxygen atoms in total. The summed E-state index contributed by atoms with van der Waals surface area (Å²) in [6.07, 6.45) is 5.32. The summed E-state index contributed by atoms with van der Waals surface area (Å²) in [5.74, 6) is -0.217. The summed E-state index contributed by atoms with van der Waals surface area (Å²) in [6.45, 7) is 3.11. The minimum Gasteiger partial charge on any atom is -0.497 e. The number of hydrogen-bond acceptors (Lipinski definition) is 6. The van der Waals surface area contributed by atoms with Crippen molar-refractivity contribution in [1.82, 2.24) is 10.2 Å². The molecule has 0 radical (unpaired) electrons. The lowest BCUT2D eigenvalue weighted by atomic mass is 9.95. The molecule has 2 amide bonds. The van der Waals surface area contributed by atoms with Crippen LogP contribution in [0.2, 0.25) is 5.02 Å². The van der Waals surface area contributed by atoms with Gasteiger partial charge in [-0.25, -0.2) is 8.42 Å². The molecule has 0 bridgehead atoms. The van der Waals surface area contributed by atoms with E-state index in [1.807, 2.05) is 19.9 Å². The number of hydrogen-bond donors (Lipinski definition) is 1. The minimum atomic E-state index is -4.29. The Kier molecular flexibility index (Phi) is 11.7. The molecular weight excluding hydrogens is 614 g/mol. The zero-order chi connectivity index (χ0) is 32.6. The van der Waals surface area contributed by atoms with E-state index in [0.717, 1.165) is 42.0 Å². The average molecular weight is 656 g/mol. The van der Waals surface area contributed by atoms with Crippen LogP contribution >= 0.6 is 11.6 Å². The maximum Gasteiger partial charge on any atom is 0.264 e. The molecule has 1 aliphatic carbocycles. The molecule has 1 atom stereocenters. The number of anilines is 1. The van der Waals surface area contributed by atoms with E-state index < -0.39 is 28.5 Å². The first-order valence-electron chi connectivity index (χ1n) is 15.2. The number of methoxy groups -OCH3 is 2. The van der Waals surface area contributed by atoms with Crippen molar-refractivity contribution in [2.45, 2.75) is 75.9 Å². The molecule has 242 valence electrons. The Morgan fingerprint density at radius 1 is 0.978 bits per heavy atom. The zero-order valence-corrected chi connectivity index (χ0v) is 27.9. The third-order valence-corrected chi connectivity index (χ3v) is 10.3. The topological polar surface area (TPSA) is 105 Å².